The lowest BCUT2D eigenvalue weighted by atomic mass is 10.1. The van der Waals surface area contributed by atoms with Crippen molar-refractivity contribution in [3.8, 4) is 11.6 Å². The second-order valence-corrected chi connectivity index (χ2v) is 10.9. The van der Waals surface area contributed by atoms with Gasteiger partial charge >= 0.3 is 6.03 Å². The molecule has 0 radical (unpaired) electrons. The maximum atomic E-state index is 12.8. The maximum absolute atomic E-state index is 12.8. The summed E-state index contributed by atoms with van der Waals surface area (Å²) in [6.07, 6.45) is 5.21. The van der Waals surface area contributed by atoms with Crippen LogP contribution < -0.4 is 10.1 Å². The molecule has 0 atom stereocenters. The molecule has 6 rings (SSSR count). The van der Waals surface area contributed by atoms with Crippen molar-refractivity contribution in [2.45, 2.75) is 36.7 Å². The van der Waals surface area contributed by atoms with Crippen LogP contribution in [-0.2, 0) is 26.8 Å². The zero-order chi connectivity index (χ0) is 22.8. The summed E-state index contributed by atoms with van der Waals surface area (Å²) in [7, 11) is -3.23. The number of ether oxygens (including phenoxy) is 1. The standard InChI is InChI=1S/C22H20N6O4S/c1-22(5-6-22)18-9-19(27-26-18)25-21(29)28-7-4-13-8-14(2-3-17(13)28)32-20-15-10-33(30,31)11-16(15)23-12-24-20/h2-4,7-9,12H,5-6,10-11H2,1H3,(H2,25,26,27,29). The fourth-order valence-electron chi connectivity index (χ4n) is 4.06. The van der Waals surface area contributed by atoms with Crippen molar-refractivity contribution in [1.82, 2.24) is 24.7 Å². The topological polar surface area (TPSA) is 132 Å². The summed E-state index contributed by atoms with van der Waals surface area (Å²) in [6, 6.07) is 8.61. The van der Waals surface area contributed by atoms with Crippen LogP contribution in [0.1, 0.15) is 36.7 Å². The lowest BCUT2D eigenvalue weighted by molar-refractivity contribution is 0.254. The van der Waals surface area contributed by atoms with Gasteiger partial charge in [-0.25, -0.2) is 23.2 Å². The molecular weight excluding hydrogens is 444 g/mol. The number of fused-ring (bicyclic) bond motifs is 2. The minimum Gasteiger partial charge on any atom is -0.439 e. The summed E-state index contributed by atoms with van der Waals surface area (Å²) in [5.74, 6) is 0.967. The van der Waals surface area contributed by atoms with Crippen LogP contribution >= 0.6 is 0 Å². The fourth-order valence-corrected chi connectivity index (χ4v) is 5.56. The van der Waals surface area contributed by atoms with E-state index in [9.17, 15) is 13.2 Å². The van der Waals surface area contributed by atoms with Crippen LogP contribution in [0.3, 0.4) is 0 Å². The van der Waals surface area contributed by atoms with Gasteiger partial charge in [0.1, 0.15) is 12.1 Å². The molecule has 11 heteroatoms. The number of carbonyl (C=O) groups excluding carboxylic acids is 1. The van der Waals surface area contributed by atoms with Gasteiger partial charge in [-0.15, -0.1) is 0 Å². The first-order valence-electron chi connectivity index (χ1n) is 10.5. The van der Waals surface area contributed by atoms with Crippen molar-refractivity contribution < 1.29 is 17.9 Å². The summed E-state index contributed by atoms with van der Waals surface area (Å²) in [5, 5.41) is 10.8. The van der Waals surface area contributed by atoms with E-state index in [2.05, 4.69) is 32.4 Å². The molecule has 4 aromatic rings. The molecule has 1 saturated carbocycles. The molecule has 0 bridgehead atoms. The Balaban J connectivity index is 1.23. The number of hydrogen-bond donors (Lipinski definition) is 2. The lowest BCUT2D eigenvalue weighted by Gasteiger charge is -2.09. The number of H-pyrrole nitrogens is 1. The van der Waals surface area contributed by atoms with Gasteiger partial charge in [-0.3, -0.25) is 15.0 Å². The molecule has 1 aliphatic carbocycles. The average Bonchev–Trinajstić information content (AvgIpc) is 3.12. The molecule has 33 heavy (non-hydrogen) atoms. The number of nitrogens with zero attached hydrogens (tertiary/aromatic N) is 4. The predicted octanol–water partition coefficient (Wildman–Crippen LogP) is 3.51. The molecule has 0 saturated heterocycles. The van der Waals surface area contributed by atoms with Gasteiger partial charge in [0.05, 0.1) is 28.3 Å². The van der Waals surface area contributed by atoms with E-state index in [1.807, 2.05) is 6.07 Å². The number of aromatic amines is 1. The van der Waals surface area contributed by atoms with E-state index in [4.69, 9.17) is 4.74 Å². The number of anilines is 1. The predicted molar refractivity (Wildman–Crippen MR) is 120 cm³/mol. The van der Waals surface area contributed by atoms with Gasteiger partial charge in [-0.1, -0.05) is 6.92 Å². The molecule has 4 heterocycles. The smallest absolute Gasteiger partial charge is 0.331 e. The van der Waals surface area contributed by atoms with Crippen molar-refractivity contribution in [3.05, 3.63) is 59.8 Å². The molecule has 0 spiro atoms. The normalized spacial score (nSPS) is 17.6. The first-order valence-corrected chi connectivity index (χ1v) is 12.3. The minimum absolute atomic E-state index is 0.102. The molecule has 1 fully saturated rings. The molecule has 2 N–H and O–H groups in total. The van der Waals surface area contributed by atoms with Crippen LogP contribution in [0.4, 0.5) is 10.6 Å². The molecule has 1 aromatic carbocycles. The second kappa shape index (κ2) is 6.88. The van der Waals surface area contributed by atoms with Gasteiger partial charge < -0.3 is 4.74 Å². The third-order valence-corrected chi connectivity index (χ3v) is 7.72. The second-order valence-electron chi connectivity index (χ2n) is 8.80. The van der Waals surface area contributed by atoms with Crippen LogP contribution in [0, 0.1) is 0 Å². The highest BCUT2D eigenvalue weighted by Crippen LogP contribution is 2.47. The number of benzene rings is 1. The lowest BCUT2D eigenvalue weighted by Crippen LogP contribution is -2.18. The van der Waals surface area contributed by atoms with E-state index in [1.54, 1.807) is 30.5 Å². The van der Waals surface area contributed by atoms with Crippen molar-refractivity contribution in [2.24, 2.45) is 0 Å². The zero-order valence-corrected chi connectivity index (χ0v) is 18.5. The van der Waals surface area contributed by atoms with Gasteiger partial charge in [0.15, 0.2) is 15.7 Å². The molecule has 10 nitrogen and oxygen atoms in total. The Kier molecular flexibility index (Phi) is 4.15. The molecule has 1 aliphatic heterocycles. The van der Waals surface area contributed by atoms with Crippen LogP contribution in [-0.4, -0.2) is 39.2 Å². The highest BCUT2D eigenvalue weighted by Gasteiger charge is 2.40. The van der Waals surface area contributed by atoms with E-state index < -0.39 is 9.84 Å². The van der Waals surface area contributed by atoms with Gasteiger partial charge in [-0.2, -0.15) is 5.10 Å². The summed E-state index contributed by atoms with van der Waals surface area (Å²) in [4.78, 5) is 21.0. The molecule has 3 aromatic heterocycles. The van der Waals surface area contributed by atoms with Crippen LogP contribution in [0.15, 0.2) is 42.9 Å². The molecule has 168 valence electrons. The Hall–Kier alpha value is -3.73. The van der Waals surface area contributed by atoms with Gasteiger partial charge in [0.2, 0.25) is 5.88 Å². The number of sulfone groups is 1. The average molecular weight is 465 g/mol. The summed E-state index contributed by atoms with van der Waals surface area (Å²) >= 11 is 0. The van der Waals surface area contributed by atoms with Crippen molar-refractivity contribution in [2.75, 3.05) is 5.32 Å². The Bertz CT molecular complexity index is 1530. The number of rotatable bonds is 4. The van der Waals surface area contributed by atoms with E-state index in [0.717, 1.165) is 23.9 Å². The van der Waals surface area contributed by atoms with Crippen LogP contribution in [0.5, 0.6) is 11.6 Å². The molecule has 2 aliphatic rings. The highest BCUT2D eigenvalue weighted by atomic mass is 32.2. The monoisotopic (exact) mass is 464 g/mol. The maximum Gasteiger partial charge on any atom is 0.331 e. The van der Waals surface area contributed by atoms with Crippen molar-refractivity contribution >= 4 is 32.6 Å². The number of hydrogen-bond acceptors (Lipinski definition) is 7. The summed E-state index contributed by atoms with van der Waals surface area (Å²) in [5.41, 5.74) is 2.83. The molecule has 0 unspecified atom stereocenters. The first kappa shape index (κ1) is 19.9. The molecule has 1 amide bonds. The van der Waals surface area contributed by atoms with Crippen molar-refractivity contribution in [3.63, 3.8) is 0 Å². The highest BCUT2D eigenvalue weighted by molar-refractivity contribution is 7.90. The van der Waals surface area contributed by atoms with E-state index >= 15 is 0 Å². The Morgan fingerprint density at radius 2 is 2.03 bits per heavy atom. The van der Waals surface area contributed by atoms with Crippen LogP contribution in [0.25, 0.3) is 10.9 Å². The summed E-state index contributed by atoms with van der Waals surface area (Å²) in [6.45, 7) is 2.17. The Morgan fingerprint density at radius 1 is 1.18 bits per heavy atom. The molecular formula is C22H20N6O4S. The Labute approximate surface area is 188 Å². The SMILES string of the molecule is CC1(c2cc(NC(=O)n3ccc4cc(Oc5ncnc6c5CS(=O)(=O)C6)ccc43)n[nH]2)CC1. The number of carbonyl (C=O) groups is 1. The summed E-state index contributed by atoms with van der Waals surface area (Å²) < 4.78 is 31.3. The van der Waals surface area contributed by atoms with Gasteiger partial charge in [0, 0.05) is 28.8 Å². The number of nitrogens with one attached hydrogen (secondary N) is 2. The number of aromatic nitrogens is 5. The minimum atomic E-state index is -3.23. The van der Waals surface area contributed by atoms with E-state index in [-0.39, 0.29) is 28.8 Å². The van der Waals surface area contributed by atoms with E-state index in [1.165, 1.54) is 10.9 Å². The quantitative estimate of drug-likeness (QED) is 0.472. The number of amides is 1. The Morgan fingerprint density at radius 3 is 2.85 bits per heavy atom. The van der Waals surface area contributed by atoms with Crippen LogP contribution in [0.2, 0.25) is 0 Å². The zero-order valence-electron chi connectivity index (χ0n) is 17.7. The van der Waals surface area contributed by atoms with E-state index in [0.29, 0.717) is 28.3 Å². The largest absolute Gasteiger partial charge is 0.439 e. The van der Waals surface area contributed by atoms with Gasteiger partial charge in [0.25, 0.3) is 0 Å². The third-order valence-electron chi connectivity index (χ3n) is 6.27. The first-order chi connectivity index (χ1) is 15.8. The third kappa shape index (κ3) is 3.54. The van der Waals surface area contributed by atoms with Crippen molar-refractivity contribution in [1.29, 1.82) is 0 Å². The fraction of sp³-hybridized carbons (Fsp3) is 0.273. The van der Waals surface area contributed by atoms with Gasteiger partial charge in [-0.05, 0) is 37.1 Å².